The van der Waals surface area contributed by atoms with Gasteiger partial charge in [0.1, 0.15) is 11.5 Å². The van der Waals surface area contributed by atoms with Crippen LogP contribution < -0.4 is 20.3 Å². The Balaban J connectivity index is 1.78. The first-order chi connectivity index (χ1) is 12.5. The number of hydrogen-bond acceptors (Lipinski definition) is 4. The van der Waals surface area contributed by atoms with E-state index in [1.165, 1.54) is 0 Å². The summed E-state index contributed by atoms with van der Waals surface area (Å²) in [5.41, 5.74) is 7.19. The van der Waals surface area contributed by atoms with E-state index in [1.807, 2.05) is 39.0 Å². The standard InChI is InChI=1S/C20H24N2O4/c1-4-11-25-17-8-6-16(7-9-17)20(24)22-21-19(23)13-26-18-10-5-14(2)12-15(18)3/h5-10,12H,4,11,13H2,1-3H3,(H,21,23)(H,22,24). The Hall–Kier alpha value is -3.02. The molecule has 0 aromatic heterocycles. The summed E-state index contributed by atoms with van der Waals surface area (Å²) < 4.78 is 10.9. The zero-order chi connectivity index (χ0) is 18.9. The number of hydrogen-bond donors (Lipinski definition) is 2. The summed E-state index contributed by atoms with van der Waals surface area (Å²) in [6.07, 6.45) is 0.915. The zero-order valence-electron chi connectivity index (χ0n) is 15.3. The lowest BCUT2D eigenvalue weighted by atomic mass is 10.1. The third-order valence-electron chi connectivity index (χ3n) is 3.59. The van der Waals surface area contributed by atoms with Crippen molar-refractivity contribution in [2.75, 3.05) is 13.2 Å². The SMILES string of the molecule is CCCOc1ccc(C(=O)NNC(=O)COc2ccc(C)cc2C)cc1. The van der Waals surface area contributed by atoms with Crippen molar-refractivity contribution in [3.8, 4) is 11.5 Å². The molecule has 0 bridgehead atoms. The van der Waals surface area contributed by atoms with E-state index in [-0.39, 0.29) is 6.61 Å². The van der Waals surface area contributed by atoms with Gasteiger partial charge in [-0.05, 0) is 56.2 Å². The van der Waals surface area contributed by atoms with E-state index in [2.05, 4.69) is 10.9 Å². The number of carbonyl (C=O) groups is 2. The van der Waals surface area contributed by atoms with E-state index in [9.17, 15) is 9.59 Å². The fourth-order valence-corrected chi connectivity index (χ4v) is 2.26. The number of benzene rings is 2. The zero-order valence-corrected chi connectivity index (χ0v) is 15.3. The second kappa shape index (κ2) is 9.46. The largest absolute Gasteiger partial charge is 0.494 e. The van der Waals surface area contributed by atoms with Crippen LogP contribution in [0.3, 0.4) is 0 Å². The first-order valence-corrected chi connectivity index (χ1v) is 8.51. The quantitative estimate of drug-likeness (QED) is 0.748. The third kappa shape index (κ3) is 5.81. The lowest BCUT2D eigenvalue weighted by Gasteiger charge is -2.11. The topological polar surface area (TPSA) is 76.7 Å². The molecule has 0 radical (unpaired) electrons. The summed E-state index contributed by atoms with van der Waals surface area (Å²) in [4.78, 5) is 23.9. The van der Waals surface area contributed by atoms with Crippen LogP contribution in [0.25, 0.3) is 0 Å². The van der Waals surface area contributed by atoms with Crippen LogP contribution in [0.4, 0.5) is 0 Å². The van der Waals surface area contributed by atoms with Crippen molar-refractivity contribution >= 4 is 11.8 Å². The van der Waals surface area contributed by atoms with Crippen molar-refractivity contribution < 1.29 is 19.1 Å². The van der Waals surface area contributed by atoms with Crippen LogP contribution in [0, 0.1) is 13.8 Å². The highest BCUT2D eigenvalue weighted by atomic mass is 16.5. The molecule has 6 nitrogen and oxygen atoms in total. The van der Waals surface area contributed by atoms with E-state index in [4.69, 9.17) is 9.47 Å². The first kappa shape index (κ1) is 19.3. The van der Waals surface area contributed by atoms with Crippen molar-refractivity contribution in [2.45, 2.75) is 27.2 Å². The van der Waals surface area contributed by atoms with Gasteiger partial charge in [-0.2, -0.15) is 0 Å². The van der Waals surface area contributed by atoms with Crippen LogP contribution in [0.5, 0.6) is 11.5 Å². The molecular formula is C20H24N2O4. The van der Waals surface area contributed by atoms with Gasteiger partial charge in [-0.25, -0.2) is 0 Å². The molecule has 0 heterocycles. The molecule has 26 heavy (non-hydrogen) atoms. The van der Waals surface area contributed by atoms with Crippen LogP contribution >= 0.6 is 0 Å². The highest BCUT2D eigenvalue weighted by Crippen LogP contribution is 2.18. The van der Waals surface area contributed by atoms with Gasteiger partial charge in [-0.1, -0.05) is 24.6 Å². The maximum absolute atomic E-state index is 12.0. The Labute approximate surface area is 153 Å². The molecule has 2 amide bonds. The number of rotatable bonds is 7. The minimum absolute atomic E-state index is 0.187. The molecule has 0 aliphatic rings. The summed E-state index contributed by atoms with van der Waals surface area (Å²) in [6.45, 7) is 6.36. The molecule has 0 spiro atoms. The van der Waals surface area contributed by atoms with E-state index in [0.29, 0.717) is 23.7 Å². The minimum Gasteiger partial charge on any atom is -0.494 e. The van der Waals surface area contributed by atoms with Gasteiger partial charge < -0.3 is 9.47 Å². The molecule has 138 valence electrons. The molecule has 0 unspecified atom stereocenters. The minimum atomic E-state index is -0.443. The third-order valence-corrected chi connectivity index (χ3v) is 3.59. The lowest BCUT2D eigenvalue weighted by Crippen LogP contribution is -2.43. The predicted molar refractivity (Wildman–Crippen MR) is 99.2 cm³/mol. The fourth-order valence-electron chi connectivity index (χ4n) is 2.26. The number of carbonyl (C=O) groups excluding carboxylic acids is 2. The van der Waals surface area contributed by atoms with Crippen LogP contribution in [0.1, 0.15) is 34.8 Å². The van der Waals surface area contributed by atoms with Crippen molar-refractivity contribution in [2.24, 2.45) is 0 Å². The Morgan fingerprint density at radius 3 is 2.35 bits per heavy atom. The summed E-state index contributed by atoms with van der Waals surface area (Å²) in [5.74, 6) is 0.488. The van der Waals surface area contributed by atoms with Crippen molar-refractivity contribution in [1.29, 1.82) is 0 Å². The molecule has 0 fully saturated rings. The molecule has 0 aliphatic heterocycles. The number of amides is 2. The van der Waals surface area contributed by atoms with Crippen molar-refractivity contribution in [3.05, 3.63) is 59.2 Å². The van der Waals surface area contributed by atoms with E-state index in [1.54, 1.807) is 24.3 Å². The maximum atomic E-state index is 12.0. The number of hydrazine groups is 1. The molecule has 0 aliphatic carbocycles. The molecule has 6 heteroatoms. The fraction of sp³-hybridized carbons (Fsp3) is 0.300. The summed E-state index contributed by atoms with van der Waals surface area (Å²) in [6, 6.07) is 12.4. The van der Waals surface area contributed by atoms with Gasteiger partial charge in [-0.15, -0.1) is 0 Å². The van der Waals surface area contributed by atoms with E-state index >= 15 is 0 Å². The van der Waals surface area contributed by atoms with Gasteiger partial charge in [0.05, 0.1) is 6.61 Å². The molecule has 2 aromatic carbocycles. The van der Waals surface area contributed by atoms with E-state index in [0.717, 1.165) is 17.5 Å². The summed E-state index contributed by atoms with van der Waals surface area (Å²) in [5, 5.41) is 0. The van der Waals surface area contributed by atoms with Gasteiger partial charge in [0, 0.05) is 5.56 Å². The van der Waals surface area contributed by atoms with Crippen molar-refractivity contribution in [3.63, 3.8) is 0 Å². The molecule has 0 saturated heterocycles. The molecule has 2 aromatic rings. The molecule has 0 atom stereocenters. The first-order valence-electron chi connectivity index (χ1n) is 8.51. The van der Waals surface area contributed by atoms with Gasteiger partial charge in [0.2, 0.25) is 0 Å². The monoisotopic (exact) mass is 356 g/mol. The van der Waals surface area contributed by atoms with Gasteiger partial charge in [-0.3, -0.25) is 20.4 Å². The van der Waals surface area contributed by atoms with Crippen LogP contribution in [-0.4, -0.2) is 25.0 Å². The van der Waals surface area contributed by atoms with Crippen LogP contribution in [0.2, 0.25) is 0 Å². The highest BCUT2D eigenvalue weighted by molar-refractivity contribution is 5.95. The van der Waals surface area contributed by atoms with Gasteiger partial charge >= 0.3 is 0 Å². The van der Waals surface area contributed by atoms with Crippen molar-refractivity contribution in [1.82, 2.24) is 10.9 Å². The average molecular weight is 356 g/mol. The Morgan fingerprint density at radius 1 is 0.962 bits per heavy atom. The van der Waals surface area contributed by atoms with Gasteiger partial charge in [0.15, 0.2) is 6.61 Å². The second-order valence-electron chi connectivity index (χ2n) is 5.93. The maximum Gasteiger partial charge on any atom is 0.276 e. The number of aryl methyl sites for hydroxylation is 2. The molecule has 2 rings (SSSR count). The predicted octanol–water partition coefficient (Wildman–Crippen LogP) is 2.93. The van der Waals surface area contributed by atoms with Gasteiger partial charge in [0.25, 0.3) is 11.8 Å². The van der Waals surface area contributed by atoms with Crippen LogP contribution in [0.15, 0.2) is 42.5 Å². The molecular weight excluding hydrogens is 332 g/mol. The summed E-state index contributed by atoms with van der Waals surface area (Å²) >= 11 is 0. The number of ether oxygens (including phenoxy) is 2. The Kier molecular flexibility index (Phi) is 7.02. The molecule has 0 saturated carbocycles. The lowest BCUT2D eigenvalue weighted by molar-refractivity contribution is -0.123. The highest BCUT2D eigenvalue weighted by Gasteiger charge is 2.09. The van der Waals surface area contributed by atoms with Crippen LogP contribution in [-0.2, 0) is 4.79 Å². The average Bonchev–Trinajstić information content (AvgIpc) is 2.64. The summed E-state index contributed by atoms with van der Waals surface area (Å²) in [7, 11) is 0. The second-order valence-corrected chi connectivity index (χ2v) is 5.93. The Bertz CT molecular complexity index is 757. The molecule has 2 N–H and O–H groups in total. The normalized spacial score (nSPS) is 10.1. The Morgan fingerprint density at radius 2 is 1.69 bits per heavy atom. The van der Waals surface area contributed by atoms with E-state index < -0.39 is 11.8 Å². The number of nitrogens with one attached hydrogen (secondary N) is 2. The smallest absolute Gasteiger partial charge is 0.276 e.